The lowest BCUT2D eigenvalue weighted by Gasteiger charge is -2.21. The predicted octanol–water partition coefficient (Wildman–Crippen LogP) is 6.23. The van der Waals surface area contributed by atoms with Gasteiger partial charge in [-0.2, -0.15) is 31.4 Å². The maximum absolute atomic E-state index is 15.1. The summed E-state index contributed by atoms with van der Waals surface area (Å²) in [6.45, 7) is 3.11. The van der Waals surface area contributed by atoms with Gasteiger partial charge in [0.2, 0.25) is 0 Å². The molecule has 0 fully saturated rings. The molecule has 200 valence electrons. The normalized spacial score (nSPS) is 13.8. The molecule has 1 unspecified atom stereocenters. The number of pyridine rings is 1. The second-order valence-electron chi connectivity index (χ2n) is 7.89. The van der Waals surface area contributed by atoms with Gasteiger partial charge < -0.3 is 15.2 Å². The van der Waals surface area contributed by atoms with E-state index in [1.807, 2.05) is 10.4 Å². The molecule has 2 atom stereocenters. The molecule has 1 amide bonds. The fraction of sp³-hybridized carbons (Fsp3) is 0.318. The van der Waals surface area contributed by atoms with Gasteiger partial charge >= 0.3 is 12.4 Å². The van der Waals surface area contributed by atoms with Crippen LogP contribution in [0.5, 0.6) is 5.75 Å². The van der Waals surface area contributed by atoms with E-state index in [1.165, 1.54) is 19.1 Å². The number of hydrogen-bond donors (Lipinski definition) is 3. The zero-order valence-electron chi connectivity index (χ0n) is 19.1. The molecule has 37 heavy (non-hydrogen) atoms. The quantitative estimate of drug-likeness (QED) is 0.314. The van der Waals surface area contributed by atoms with Crippen molar-refractivity contribution in [2.45, 2.75) is 45.3 Å². The Balaban J connectivity index is 2.13. The third-order valence-corrected chi connectivity index (χ3v) is 5.40. The van der Waals surface area contributed by atoms with Crippen LogP contribution in [0.2, 0.25) is 5.02 Å². The van der Waals surface area contributed by atoms with Gasteiger partial charge in [-0.3, -0.25) is 9.89 Å². The van der Waals surface area contributed by atoms with Crippen molar-refractivity contribution in [3.05, 3.63) is 57.8 Å². The Bertz CT molecular complexity index is 1320. The van der Waals surface area contributed by atoms with Crippen molar-refractivity contribution in [3.8, 4) is 17.0 Å². The first-order valence-electron chi connectivity index (χ1n) is 10.4. The average molecular weight is 555 g/mol. The molecule has 15 heteroatoms. The minimum absolute atomic E-state index is 0.0354. The number of aryl methyl sites for hydroxylation is 1. The number of carbonyl (C=O) groups excluding carboxylic acids is 1. The lowest BCUT2D eigenvalue weighted by molar-refractivity contribution is -0.189. The fourth-order valence-corrected chi connectivity index (χ4v) is 3.41. The summed E-state index contributed by atoms with van der Waals surface area (Å²) in [5.74, 6) is -3.34. The number of nitrogens with zero attached hydrogens (tertiary/aromatic N) is 2. The van der Waals surface area contributed by atoms with Crippen molar-refractivity contribution in [1.29, 1.82) is 0 Å². The van der Waals surface area contributed by atoms with E-state index >= 15 is 4.39 Å². The standard InChI is InChI=1S/C22H18ClF7N4O3/c1-8-17(19(34-33-8)22(28,29)30)32-20(36)12-6-14(24)11(7-16(12)37-10(3)21(25,26)27)15-5-4-13(23)18(31-15)9(2)35/h4-7,9-10,35H,1-3H3,(H,32,36)(H,33,34)/t9?,10-/m0/s1. The van der Waals surface area contributed by atoms with Crippen LogP contribution in [-0.4, -0.2) is 38.5 Å². The van der Waals surface area contributed by atoms with Gasteiger partial charge in [-0.1, -0.05) is 11.6 Å². The van der Waals surface area contributed by atoms with E-state index in [0.29, 0.717) is 13.0 Å². The zero-order valence-corrected chi connectivity index (χ0v) is 19.9. The molecule has 7 nitrogen and oxygen atoms in total. The van der Waals surface area contributed by atoms with Gasteiger partial charge in [0.1, 0.15) is 11.6 Å². The van der Waals surface area contributed by atoms with Crippen molar-refractivity contribution in [2.24, 2.45) is 0 Å². The number of aromatic nitrogens is 3. The molecular formula is C22H18ClF7N4O3. The Morgan fingerprint density at radius 1 is 1.16 bits per heavy atom. The molecule has 0 aliphatic rings. The minimum atomic E-state index is -4.98. The molecule has 0 bridgehead atoms. The molecule has 2 heterocycles. The number of nitrogens with one attached hydrogen (secondary N) is 2. The van der Waals surface area contributed by atoms with E-state index in [-0.39, 0.29) is 22.1 Å². The second-order valence-corrected chi connectivity index (χ2v) is 8.30. The molecule has 0 spiro atoms. The summed E-state index contributed by atoms with van der Waals surface area (Å²) >= 11 is 5.95. The number of anilines is 1. The SMILES string of the molecule is Cc1[nH]nc(C(F)(F)F)c1NC(=O)c1cc(F)c(-c2ccc(Cl)c(C(C)O)n2)cc1O[C@@H](C)C(F)(F)F. The molecule has 0 aliphatic carbocycles. The van der Waals surface area contributed by atoms with Gasteiger partial charge in [0.25, 0.3) is 5.91 Å². The number of H-pyrrole nitrogens is 1. The lowest BCUT2D eigenvalue weighted by Crippen LogP contribution is -2.32. The molecule has 0 saturated heterocycles. The Hall–Kier alpha value is -3.39. The highest BCUT2D eigenvalue weighted by Crippen LogP contribution is 2.37. The largest absolute Gasteiger partial charge is 0.480 e. The minimum Gasteiger partial charge on any atom is -0.480 e. The topological polar surface area (TPSA) is 100 Å². The summed E-state index contributed by atoms with van der Waals surface area (Å²) in [6.07, 6.45) is -13.5. The molecule has 2 aromatic heterocycles. The highest BCUT2D eigenvalue weighted by atomic mass is 35.5. The van der Waals surface area contributed by atoms with Crippen LogP contribution in [-0.2, 0) is 6.18 Å². The number of ether oxygens (including phenoxy) is 1. The van der Waals surface area contributed by atoms with Crippen LogP contribution < -0.4 is 10.1 Å². The summed E-state index contributed by atoms with van der Waals surface area (Å²) in [5.41, 5.74) is -3.96. The first kappa shape index (κ1) is 28.2. The van der Waals surface area contributed by atoms with Gasteiger partial charge in [-0.05, 0) is 45.0 Å². The molecule has 0 aliphatic heterocycles. The van der Waals surface area contributed by atoms with Gasteiger partial charge in [0.15, 0.2) is 11.8 Å². The van der Waals surface area contributed by atoms with Crippen LogP contribution >= 0.6 is 11.6 Å². The van der Waals surface area contributed by atoms with Crippen molar-refractivity contribution in [3.63, 3.8) is 0 Å². The maximum atomic E-state index is 15.1. The number of carbonyl (C=O) groups is 1. The summed E-state index contributed by atoms with van der Waals surface area (Å²) in [4.78, 5) is 16.9. The Morgan fingerprint density at radius 3 is 2.38 bits per heavy atom. The highest BCUT2D eigenvalue weighted by molar-refractivity contribution is 6.31. The molecule has 3 N–H and O–H groups in total. The number of hydrogen-bond acceptors (Lipinski definition) is 5. The number of benzene rings is 1. The van der Waals surface area contributed by atoms with Gasteiger partial charge in [-0.25, -0.2) is 9.37 Å². The molecule has 0 radical (unpaired) electrons. The van der Waals surface area contributed by atoms with Crippen molar-refractivity contribution < 1.29 is 45.4 Å². The third kappa shape index (κ3) is 6.13. The van der Waals surface area contributed by atoms with E-state index in [2.05, 4.69) is 10.1 Å². The molecular weight excluding hydrogens is 537 g/mol. The Morgan fingerprint density at radius 2 is 1.81 bits per heavy atom. The number of aromatic amines is 1. The van der Waals surface area contributed by atoms with Crippen LogP contribution in [0.3, 0.4) is 0 Å². The van der Waals surface area contributed by atoms with Gasteiger partial charge in [-0.15, -0.1) is 0 Å². The van der Waals surface area contributed by atoms with Crippen molar-refractivity contribution in [1.82, 2.24) is 15.2 Å². The van der Waals surface area contributed by atoms with Crippen LogP contribution in [0.4, 0.5) is 36.4 Å². The number of aliphatic hydroxyl groups excluding tert-OH is 1. The average Bonchev–Trinajstić information content (AvgIpc) is 3.14. The summed E-state index contributed by atoms with van der Waals surface area (Å²) < 4.78 is 99.4. The van der Waals surface area contributed by atoms with E-state index in [0.717, 1.165) is 13.0 Å². The number of rotatable bonds is 6. The molecule has 3 aromatic rings. The number of aliphatic hydroxyl groups is 1. The number of alkyl halides is 6. The van der Waals surface area contributed by atoms with Gasteiger partial charge in [0, 0.05) is 5.56 Å². The number of amides is 1. The summed E-state index contributed by atoms with van der Waals surface area (Å²) in [7, 11) is 0. The third-order valence-electron chi connectivity index (χ3n) is 5.08. The van der Waals surface area contributed by atoms with Crippen LogP contribution in [0.1, 0.15) is 47.4 Å². The highest BCUT2D eigenvalue weighted by Gasteiger charge is 2.40. The smallest absolute Gasteiger partial charge is 0.437 e. The van der Waals surface area contributed by atoms with E-state index in [9.17, 15) is 36.2 Å². The van der Waals surface area contributed by atoms with E-state index < -0.39 is 64.5 Å². The monoisotopic (exact) mass is 554 g/mol. The molecule has 1 aromatic carbocycles. The Labute approximate surface area is 209 Å². The summed E-state index contributed by atoms with van der Waals surface area (Å²) in [5, 5.41) is 16.9. The van der Waals surface area contributed by atoms with Crippen LogP contribution in [0.15, 0.2) is 24.3 Å². The van der Waals surface area contributed by atoms with E-state index in [1.54, 1.807) is 0 Å². The Kier molecular flexibility index (Phi) is 7.75. The van der Waals surface area contributed by atoms with Gasteiger partial charge in [0.05, 0.1) is 39.5 Å². The van der Waals surface area contributed by atoms with Crippen molar-refractivity contribution in [2.75, 3.05) is 5.32 Å². The number of halogens is 8. The lowest BCUT2D eigenvalue weighted by atomic mass is 10.0. The fourth-order valence-electron chi connectivity index (χ4n) is 3.15. The second kappa shape index (κ2) is 10.2. The summed E-state index contributed by atoms with van der Waals surface area (Å²) in [6, 6.07) is 3.74. The van der Waals surface area contributed by atoms with E-state index in [4.69, 9.17) is 16.3 Å². The zero-order chi connectivity index (χ0) is 27.9. The van der Waals surface area contributed by atoms with Crippen molar-refractivity contribution >= 4 is 23.2 Å². The first-order chi connectivity index (χ1) is 17.0. The van der Waals surface area contributed by atoms with Crippen LogP contribution in [0.25, 0.3) is 11.3 Å². The molecule has 0 saturated carbocycles. The predicted molar refractivity (Wildman–Crippen MR) is 118 cm³/mol. The first-order valence-corrected chi connectivity index (χ1v) is 10.7. The maximum Gasteiger partial charge on any atom is 0.437 e. The van der Waals surface area contributed by atoms with Crippen LogP contribution in [0, 0.1) is 12.7 Å². The molecule has 3 rings (SSSR count).